The van der Waals surface area contributed by atoms with Gasteiger partial charge in [-0.15, -0.1) is 0 Å². The Kier molecular flexibility index (Phi) is 5.90. The van der Waals surface area contributed by atoms with Crippen LogP contribution in [-0.4, -0.2) is 24.3 Å². The van der Waals surface area contributed by atoms with Crippen molar-refractivity contribution >= 4 is 23.3 Å². The van der Waals surface area contributed by atoms with E-state index in [2.05, 4.69) is 10.6 Å². The molecule has 0 aliphatic carbocycles. The molecular weight excluding hydrogens is 320 g/mol. The van der Waals surface area contributed by atoms with Crippen molar-refractivity contribution in [2.24, 2.45) is 0 Å². The van der Waals surface area contributed by atoms with Crippen molar-refractivity contribution < 1.29 is 19.1 Å². The van der Waals surface area contributed by atoms with Gasteiger partial charge in [-0.25, -0.2) is 4.79 Å². The Labute approximate surface area is 139 Å². The number of nitrogens with one attached hydrogen (secondary N) is 2. The van der Waals surface area contributed by atoms with Crippen LogP contribution >= 0.6 is 11.6 Å². The van der Waals surface area contributed by atoms with Crippen LogP contribution < -0.4 is 15.4 Å². The maximum Gasteiger partial charge on any atom is 0.319 e. The lowest BCUT2D eigenvalue weighted by Gasteiger charge is -2.18. The number of methoxy groups -OCH3 is 1. The molecule has 124 valence electrons. The topological polar surface area (TPSA) is 83.7 Å². The highest BCUT2D eigenvalue weighted by Gasteiger charge is 2.17. The van der Waals surface area contributed by atoms with Gasteiger partial charge in [0.25, 0.3) is 0 Å². The largest absolute Gasteiger partial charge is 0.493 e. The molecule has 0 unspecified atom stereocenters. The van der Waals surface area contributed by atoms with E-state index in [1.54, 1.807) is 37.3 Å². The van der Waals surface area contributed by atoms with Crippen molar-refractivity contribution in [2.75, 3.05) is 12.4 Å². The lowest BCUT2D eigenvalue weighted by molar-refractivity contribution is 0.130. The maximum absolute atomic E-state index is 12.0. The molecule has 2 amide bonds. The second kappa shape index (κ2) is 7.89. The van der Waals surface area contributed by atoms with Crippen molar-refractivity contribution in [1.29, 1.82) is 0 Å². The van der Waals surface area contributed by atoms with Gasteiger partial charge in [-0.05, 0) is 31.2 Å². The lowest BCUT2D eigenvalue weighted by atomic mass is 10.1. The predicted octanol–water partition coefficient (Wildman–Crippen LogP) is 3.58. The number of para-hydroxylation sites is 1. The molecule has 0 radical (unpaired) electrons. The Morgan fingerprint density at radius 3 is 2.83 bits per heavy atom. The van der Waals surface area contributed by atoms with E-state index in [0.29, 0.717) is 28.6 Å². The summed E-state index contributed by atoms with van der Waals surface area (Å²) in [7, 11) is 1.48. The van der Waals surface area contributed by atoms with E-state index in [1.807, 2.05) is 0 Å². The van der Waals surface area contributed by atoms with Gasteiger partial charge in [-0.3, -0.25) is 0 Å². The number of carbonyl (C=O) groups excluding carboxylic acids is 1. The minimum atomic E-state index is -0.777. The molecule has 0 saturated heterocycles. The average Bonchev–Trinajstić information content (AvgIpc) is 3.01. The van der Waals surface area contributed by atoms with Gasteiger partial charge < -0.3 is 24.9 Å². The minimum Gasteiger partial charge on any atom is -0.493 e. The molecule has 0 aliphatic rings. The predicted molar refractivity (Wildman–Crippen MR) is 87.9 cm³/mol. The monoisotopic (exact) mass is 338 g/mol. The van der Waals surface area contributed by atoms with Gasteiger partial charge in [-0.1, -0.05) is 17.7 Å². The van der Waals surface area contributed by atoms with Crippen LogP contribution in [-0.2, 0) is 0 Å². The number of anilines is 1. The number of aliphatic hydroxyl groups is 1. The molecule has 3 N–H and O–H groups in total. The first-order chi connectivity index (χ1) is 11.0. The highest BCUT2D eigenvalue weighted by molar-refractivity contribution is 6.32. The van der Waals surface area contributed by atoms with E-state index in [1.165, 1.54) is 13.4 Å². The highest BCUT2D eigenvalue weighted by atomic mass is 35.5. The van der Waals surface area contributed by atoms with Crippen LogP contribution in [0.4, 0.5) is 10.5 Å². The number of amides is 2. The average molecular weight is 339 g/mol. The molecule has 0 spiro atoms. The second-order valence-electron chi connectivity index (χ2n) is 5.09. The first-order valence-corrected chi connectivity index (χ1v) is 7.50. The number of ether oxygens (including phenoxy) is 1. The molecule has 2 atom stereocenters. The molecule has 23 heavy (non-hydrogen) atoms. The van der Waals surface area contributed by atoms with E-state index < -0.39 is 12.1 Å². The van der Waals surface area contributed by atoms with Gasteiger partial charge >= 0.3 is 6.03 Å². The normalized spacial score (nSPS) is 13.2. The maximum atomic E-state index is 12.0. The summed E-state index contributed by atoms with van der Waals surface area (Å²) in [6, 6.07) is 7.79. The third-order valence-corrected chi connectivity index (χ3v) is 3.54. The summed E-state index contributed by atoms with van der Waals surface area (Å²) in [6.07, 6.45) is 1.04. The fourth-order valence-corrected chi connectivity index (χ4v) is 2.44. The number of rotatable bonds is 6. The Bertz CT molecular complexity index is 646. The van der Waals surface area contributed by atoms with Crippen molar-refractivity contribution in [3.8, 4) is 5.75 Å². The summed E-state index contributed by atoms with van der Waals surface area (Å²) < 4.78 is 10.3. The first-order valence-electron chi connectivity index (χ1n) is 7.12. The summed E-state index contributed by atoms with van der Waals surface area (Å²) in [5, 5.41) is 15.8. The molecule has 2 aromatic rings. The van der Waals surface area contributed by atoms with E-state index in [9.17, 15) is 9.90 Å². The molecule has 1 aromatic heterocycles. The zero-order valence-corrected chi connectivity index (χ0v) is 13.6. The zero-order valence-electron chi connectivity index (χ0n) is 12.9. The zero-order chi connectivity index (χ0) is 16.8. The molecule has 6 nitrogen and oxygen atoms in total. The van der Waals surface area contributed by atoms with Crippen LogP contribution in [0.2, 0.25) is 5.02 Å². The fourth-order valence-electron chi connectivity index (χ4n) is 2.19. The number of halogens is 1. The van der Waals surface area contributed by atoms with Crippen LogP contribution in [0.25, 0.3) is 0 Å². The van der Waals surface area contributed by atoms with E-state index in [-0.39, 0.29) is 6.04 Å². The Morgan fingerprint density at radius 1 is 1.39 bits per heavy atom. The number of furan rings is 1. The first kappa shape index (κ1) is 17.2. The molecule has 1 heterocycles. The molecule has 0 fully saturated rings. The Hall–Kier alpha value is -2.18. The van der Waals surface area contributed by atoms with E-state index in [0.717, 1.165) is 0 Å². The summed E-state index contributed by atoms with van der Waals surface area (Å²) in [4.78, 5) is 12.0. The van der Waals surface area contributed by atoms with Crippen LogP contribution in [0.1, 0.15) is 25.2 Å². The third-order valence-electron chi connectivity index (χ3n) is 3.25. The van der Waals surface area contributed by atoms with Gasteiger partial charge in [0.1, 0.15) is 11.9 Å². The summed E-state index contributed by atoms with van der Waals surface area (Å²) in [5.41, 5.74) is 0.469. The summed E-state index contributed by atoms with van der Waals surface area (Å²) >= 11 is 6.00. The number of hydrogen-bond acceptors (Lipinski definition) is 4. The highest BCUT2D eigenvalue weighted by Crippen LogP contribution is 2.32. The molecule has 1 aromatic carbocycles. The van der Waals surface area contributed by atoms with Crippen molar-refractivity contribution in [1.82, 2.24) is 5.32 Å². The Balaban J connectivity index is 1.90. The number of benzene rings is 1. The van der Waals surface area contributed by atoms with Crippen LogP contribution in [0.5, 0.6) is 5.75 Å². The second-order valence-corrected chi connectivity index (χ2v) is 5.49. The van der Waals surface area contributed by atoms with Crippen LogP contribution in [0.15, 0.2) is 41.0 Å². The lowest BCUT2D eigenvalue weighted by Crippen LogP contribution is -2.37. The standard InChI is InChI=1S/C16H19ClN2O4/c1-10(9-13(20)14-7-4-8-23-14)18-16(21)19-12-6-3-5-11(17)15(12)22-2/h3-8,10,13,20H,9H2,1-2H3,(H2,18,19,21)/t10-,13-/m1/s1. The van der Waals surface area contributed by atoms with Crippen molar-refractivity contribution in [3.05, 3.63) is 47.4 Å². The Morgan fingerprint density at radius 2 is 2.17 bits per heavy atom. The van der Waals surface area contributed by atoms with Crippen molar-refractivity contribution in [3.63, 3.8) is 0 Å². The number of aliphatic hydroxyl groups excluding tert-OH is 1. The van der Waals surface area contributed by atoms with Crippen LogP contribution in [0.3, 0.4) is 0 Å². The fraction of sp³-hybridized carbons (Fsp3) is 0.312. The van der Waals surface area contributed by atoms with Gasteiger partial charge in [0.2, 0.25) is 0 Å². The number of urea groups is 1. The third kappa shape index (κ3) is 4.64. The molecular formula is C16H19ClN2O4. The van der Waals surface area contributed by atoms with Gasteiger partial charge in [0.15, 0.2) is 5.75 Å². The summed E-state index contributed by atoms with van der Waals surface area (Å²) in [6.45, 7) is 1.79. The van der Waals surface area contributed by atoms with Gasteiger partial charge in [0.05, 0.1) is 24.1 Å². The molecule has 7 heteroatoms. The van der Waals surface area contributed by atoms with Gasteiger partial charge in [0, 0.05) is 12.5 Å². The van der Waals surface area contributed by atoms with Crippen LogP contribution in [0, 0.1) is 0 Å². The molecule has 0 bridgehead atoms. The molecule has 0 aliphatic heterocycles. The molecule has 0 saturated carbocycles. The smallest absolute Gasteiger partial charge is 0.319 e. The quantitative estimate of drug-likeness (QED) is 0.751. The summed E-state index contributed by atoms with van der Waals surface area (Å²) in [5.74, 6) is 0.864. The number of hydrogen-bond donors (Lipinski definition) is 3. The SMILES string of the molecule is COc1c(Cl)cccc1NC(=O)N[C@H](C)C[C@@H](O)c1ccco1. The van der Waals surface area contributed by atoms with Gasteiger partial charge in [-0.2, -0.15) is 0 Å². The van der Waals surface area contributed by atoms with E-state index >= 15 is 0 Å². The molecule has 2 rings (SSSR count). The van der Waals surface area contributed by atoms with E-state index in [4.69, 9.17) is 20.8 Å². The van der Waals surface area contributed by atoms with Crippen molar-refractivity contribution in [2.45, 2.75) is 25.5 Å². The minimum absolute atomic E-state index is 0.264. The number of carbonyl (C=O) groups is 1.